The summed E-state index contributed by atoms with van der Waals surface area (Å²) < 4.78 is 11.5. The zero-order valence-corrected chi connectivity index (χ0v) is 21.8. The van der Waals surface area contributed by atoms with Gasteiger partial charge in [0.25, 0.3) is 5.89 Å². The molecule has 1 fully saturated rings. The molecule has 1 aliphatic heterocycles. The number of benzene rings is 2. The molecule has 2 aromatic carbocycles. The van der Waals surface area contributed by atoms with E-state index in [0.717, 1.165) is 28.8 Å². The average molecular weight is 509 g/mol. The van der Waals surface area contributed by atoms with Gasteiger partial charge in [0.1, 0.15) is 25.1 Å². The summed E-state index contributed by atoms with van der Waals surface area (Å²) in [5, 5.41) is 25.5. The molecule has 0 unspecified atom stereocenters. The Kier molecular flexibility index (Phi) is 8.91. The number of aromatic nitrogens is 2. The predicted molar refractivity (Wildman–Crippen MR) is 140 cm³/mol. The number of carbonyl (C=O) groups is 1. The number of likely N-dealkylation sites (tertiary alicyclic amines) is 1. The Morgan fingerprint density at radius 2 is 1.89 bits per heavy atom. The molecule has 0 bridgehead atoms. The van der Waals surface area contributed by atoms with Crippen LogP contribution in [0.3, 0.4) is 0 Å². The molecule has 1 saturated heterocycles. The van der Waals surface area contributed by atoms with Gasteiger partial charge in [-0.3, -0.25) is 9.69 Å². The van der Waals surface area contributed by atoms with E-state index in [1.165, 1.54) is 37.1 Å². The van der Waals surface area contributed by atoms with Crippen LogP contribution in [0.4, 0.5) is 0 Å². The first kappa shape index (κ1) is 26.8. The highest BCUT2D eigenvalue weighted by molar-refractivity contribution is 5.76. The second-order valence-electron chi connectivity index (χ2n) is 9.61. The van der Waals surface area contributed by atoms with Gasteiger partial charge in [-0.1, -0.05) is 18.1 Å². The van der Waals surface area contributed by atoms with Crippen LogP contribution in [0.15, 0.2) is 34.9 Å². The SMILES string of the molecule is CCc1cc(-c2noc(-c3ccc(CN4CCCC4)c(C)c3)n2)cc(C)c1OC[C@@H](O)CNC(=O)CO. The van der Waals surface area contributed by atoms with Crippen LogP contribution in [0.2, 0.25) is 0 Å². The molecule has 0 spiro atoms. The van der Waals surface area contributed by atoms with Crippen LogP contribution in [-0.2, 0) is 17.8 Å². The summed E-state index contributed by atoms with van der Waals surface area (Å²) in [4.78, 5) is 18.3. The molecule has 1 aliphatic rings. The van der Waals surface area contributed by atoms with Crippen LogP contribution in [0.5, 0.6) is 5.75 Å². The van der Waals surface area contributed by atoms with Crippen molar-refractivity contribution in [3.63, 3.8) is 0 Å². The van der Waals surface area contributed by atoms with Gasteiger partial charge in [0.2, 0.25) is 11.7 Å². The topological polar surface area (TPSA) is 121 Å². The van der Waals surface area contributed by atoms with Crippen molar-refractivity contribution in [3.05, 3.63) is 52.6 Å². The number of ether oxygens (including phenoxy) is 1. The van der Waals surface area contributed by atoms with E-state index in [-0.39, 0.29) is 13.2 Å². The minimum atomic E-state index is -0.899. The Hall–Kier alpha value is -3.27. The predicted octanol–water partition coefficient (Wildman–Crippen LogP) is 3.03. The Balaban J connectivity index is 1.46. The van der Waals surface area contributed by atoms with Crippen LogP contribution in [0.25, 0.3) is 22.8 Å². The lowest BCUT2D eigenvalue weighted by molar-refractivity contribution is -0.124. The summed E-state index contributed by atoms with van der Waals surface area (Å²) in [6, 6.07) is 10.2. The van der Waals surface area contributed by atoms with E-state index >= 15 is 0 Å². The lowest BCUT2D eigenvalue weighted by Gasteiger charge is -2.17. The summed E-state index contributed by atoms with van der Waals surface area (Å²) in [5.74, 6) is 1.13. The molecule has 3 N–H and O–H groups in total. The summed E-state index contributed by atoms with van der Waals surface area (Å²) in [6.45, 7) is 8.79. The maximum Gasteiger partial charge on any atom is 0.258 e. The number of nitrogens with one attached hydrogen (secondary N) is 1. The molecule has 198 valence electrons. The average Bonchev–Trinajstić information content (AvgIpc) is 3.60. The van der Waals surface area contributed by atoms with Crippen LogP contribution in [0.1, 0.15) is 42.0 Å². The van der Waals surface area contributed by atoms with Gasteiger partial charge < -0.3 is 24.8 Å². The third-order valence-electron chi connectivity index (χ3n) is 6.70. The largest absolute Gasteiger partial charge is 0.490 e. The van der Waals surface area contributed by atoms with Gasteiger partial charge in [0.05, 0.1) is 0 Å². The molecule has 3 aromatic rings. The van der Waals surface area contributed by atoms with E-state index in [9.17, 15) is 9.90 Å². The van der Waals surface area contributed by atoms with Crippen LogP contribution in [-0.4, -0.2) is 70.1 Å². The van der Waals surface area contributed by atoms with Crippen molar-refractivity contribution in [2.75, 3.05) is 32.8 Å². The highest BCUT2D eigenvalue weighted by atomic mass is 16.5. The molecule has 2 heterocycles. The first-order valence-electron chi connectivity index (χ1n) is 12.9. The van der Waals surface area contributed by atoms with Gasteiger partial charge in [0.15, 0.2) is 0 Å². The van der Waals surface area contributed by atoms with Gasteiger partial charge in [-0.15, -0.1) is 0 Å². The highest BCUT2D eigenvalue weighted by Gasteiger charge is 2.18. The summed E-state index contributed by atoms with van der Waals surface area (Å²) in [5.41, 5.74) is 6.10. The zero-order chi connectivity index (χ0) is 26.4. The zero-order valence-electron chi connectivity index (χ0n) is 21.8. The molecule has 9 nitrogen and oxygen atoms in total. The molecule has 0 aliphatic carbocycles. The number of amides is 1. The molecule has 9 heteroatoms. The number of aliphatic hydroxyl groups excluding tert-OH is 2. The maximum atomic E-state index is 11.2. The molecule has 1 aromatic heterocycles. The fourth-order valence-corrected chi connectivity index (χ4v) is 4.62. The first-order chi connectivity index (χ1) is 17.9. The summed E-state index contributed by atoms with van der Waals surface area (Å²) in [6.07, 6.45) is 2.37. The Labute approximate surface area is 217 Å². The second kappa shape index (κ2) is 12.3. The Morgan fingerprint density at radius 3 is 2.59 bits per heavy atom. The Morgan fingerprint density at radius 1 is 1.14 bits per heavy atom. The van der Waals surface area contributed by atoms with Crippen molar-refractivity contribution < 1.29 is 24.3 Å². The van der Waals surface area contributed by atoms with Crippen molar-refractivity contribution in [2.45, 2.75) is 52.7 Å². The minimum Gasteiger partial charge on any atom is -0.490 e. The molecule has 37 heavy (non-hydrogen) atoms. The molecule has 0 saturated carbocycles. The standard InChI is InChI=1S/C28H36N4O5/c1-4-20-13-23(12-19(3)26(20)36-17-24(34)14-29-25(35)16-33)27-30-28(37-31-27)21-7-8-22(18(2)11-21)15-32-9-5-6-10-32/h7-8,11-13,24,33-34H,4-6,9-10,14-17H2,1-3H3,(H,29,35)/t24-/m0/s1. The van der Waals surface area contributed by atoms with Crippen molar-refractivity contribution in [2.24, 2.45) is 0 Å². The van der Waals surface area contributed by atoms with Crippen LogP contribution >= 0.6 is 0 Å². The highest BCUT2D eigenvalue weighted by Crippen LogP contribution is 2.31. The quantitative estimate of drug-likeness (QED) is 0.361. The van der Waals surface area contributed by atoms with Crippen molar-refractivity contribution in [1.82, 2.24) is 20.4 Å². The van der Waals surface area contributed by atoms with Gasteiger partial charge in [-0.05, 0) is 92.7 Å². The lowest BCUT2D eigenvalue weighted by Crippen LogP contribution is -2.36. The molecular weight excluding hydrogens is 472 g/mol. The second-order valence-corrected chi connectivity index (χ2v) is 9.61. The third-order valence-corrected chi connectivity index (χ3v) is 6.70. The monoisotopic (exact) mass is 508 g/mol. The number of hydrogen-bond acceptors (Lipinski definition) is 8. The third kappa shape index (κ3) is 6.74. The smallest absolute Gasteiger partial charge is 0.258 e. The van der Waals surface area contributed by atoms with E-state index in [0.29, 0.717) is 23.9 Å². The number of nitrogens with zero attached hydrogens (tertiary/aromatic N) is 3. The fraction of sp³-hybridized carbons (Fsp3) is 0.464. The number of aryl methyl sites for hydroxylation is 3. The van der Waals surface area contributed by atoms with E-state index in [1.807, 2.05) is 32.0 Å². The fourth-order valence-electron chi connectivity index (χ4n) is 4.62. The number of rotatable bonds is 11. The van der Waals surface area contributed by atoms with E-state index in [4.69, 9.17) is 14.4 Å². The van der Waals surface area contributed by atoms with E-state index < -0.39 is 18.6 Å². The van der Waals surface area contributed by atoms with Gasteiger partial charge in [-0.25, -0.2) is 0 Å². The molecule has 0 radical (unpaired) electrons. The molecule has 1 amide bonds. The lowest BCUT2D eigenvalue weighted by atomic mass is 10.0. The summed E-state index contributed by atoms with van der Waals surface area (Å²) >= 11 is 0. The summed E-state index contributed by atoms with van der Waals surface area (Å²) in [7, 11) is 0. The molecule has 4 rings (SSSR count). The number of carbonyl (C=O) groups excluding carboxylic acids is 1. The normalized spacial score (nSPS) is 14.6. The minimum absolute atomic E-state index is 0.00231. The van der Waals surface area contributed by atoms with Crippen molar-refractivity contribution >= 4 is 5.91 Å². The first-order valence-corrected chi connectivity index (χ1v) is 12.9. The number of hydrogen-bond donors (Lipinski definition) is 3. The molecular formula is C28H36N4O5. The number of aliphatic hydroxyl groups is 2. The maximum absolute atomic E-state index is 11.2. The van der Waals surface area contributed by atoms with Gasteiger partial charge in [-0.2, -0.15) is 4.98 Å². The van der Waals surface area contributed by atoms with Crippen molar-refractivity contribution in [1.29, 1.82) is 0 Å². The van der Waals surface area contributed by atoms with E-state index in [2.05, 4.69) is 39.4 Å². The van der Waals surface area contributed by atoms with Gasteiger partial charge in [0, 0.05) is 24.2 Å². The Bertz CT molecular complexity index is 1220. The van der Waals surface area contributed by atoms with Crippen molar-refractivity contribution in [3.8, 4) is 28.6 Å². The van der Waals surface area contributed by atoms with Crippen LogP contribution < -0.4 is 10.1 Å². The molecule has 1 atom stereocenters. The van der Waals surface area contributed by atoms with Gasteiger partial charge >= 0.3 is 0 Å². The van der Waals surface area contributed by atoms with E-state index in [1.54, 1.807) is 0 Å². The van der Waals surface area contributed by atoms with Crippen LogP contribution in [0, 0.1) is 13.8 Å².